The van der Waals surface area contributed by atoms with Crippen LogP contribution >= 0.6 is 15.9 Å². The normalized spacial score (nSPS) is 20.9. The van der Waals surface area contributed by atoms with Crippen LogP contribution in [0.15, 0.2) is 28.7 Å². The van der Waals surface area contributed by atoms with Gasteiger partial charge in [-0.15, -0.1) is 0 Å². The maximum atomic E-state index is 5.75. The van der Waals surface area contributed by atoms with Crippen molar-refractivity contribution in [2.45, 2.75) is 26.2 Å². The fourth-order valence-corrected chi connectivity index (χ4v) is 2.90. The highest BCUT2D eigenvalue weighted by Crippen LogP contribution is 2.18. The van der Waals surface area contributed by atoms with Gasteiger partial charge in [0.1, 0.15) is 5.75 Å². The van der Waals surface area contributed by atoms with Crippen LogP contribution in [0.3, 0.4) is 0 Å². The van der Waals surface area contributed by atoms with Gasteiger partial charge in [0, 0.05) is 17.6 Å². The minimum atomic E-state index is 0.807. The van der Waals surface area contributed by atoms with Crippen LogP contribution < -0.4 is 4.74 Å². The number of rotatable bonds is 5. The summed E-state index contributed by atoms with van der Waals surface area (Å²) in [5, 5.41) is 0. The Bertz CT molecular complexity index is 369. The molecule has 0 spiro atoms. The van der Waals surface area contributed by atoms with Gasteiger partial charge in [0.25, 0.3) is 0 Å². The zero-order chi connectivity index (χ0) is 12.8. The molecular formula is C15H22BrNO. The Balaban J connectivity index is 1.64. The lowest BCUT2D eigenvalue weighted by Crippen LogP contribution is -2.35. The number of ether oxygens (including phenoxy) is 1. The highest BCUT2D eigenvalue weighted by molar-refractivity contribution is 9.10. The van der Waals surface area contributed by atoms with E-state index in [0.717, 1.165) is 29.2 Å². The van der Waals surface area contributed by atoms with Crippen LogP contribution in [0.4, 0.5) is 0 Å². The molecule has 1 saturated heterocycles. The van der Waals surface area contributed by atoms with E-state index in [9.17, 15) is 0 Å². The first-order chi connectivity index (χ1) is 8.74. The molecule has 2 nitrogen and oxygen atoms in total. The van der Waals surface area contributed by atoms with Crippen molar-refractivity contribution in [2.75, 3.05) is 26.2 Å². The van der Waals surface area contributed by atoms with E-state index in [1.54, 1.807) is 0 Å². The number of nitrogens with zero attached hydrogens (tertiary/aromatic N) is 1. The molecule has 0 N–H and O–H groups in total. The minimum Gasteiger partial charge on any atom is -0.494 e. The van der Waals surface area contributed by atoms with Crippen LogP contribution in [0.25, 0.3) is 0 Å². The van der Waals surface area contributed by atoms with Crippen molar-refractivity contribution in [3.8, 4) is 5.75 Å². The standard InChI is InChI=1S/C15H22BrNO/c1-13-5-3-8-17(12-13)9-4-10-18-15-7-2-6-14(16)11-15/h2,6-7,11,13H,3-5,8-10,12H2,1H3/t13-/m1/s1. The summed E-state index contributed by atoms with van der Waals surface area (Å²) in [6.07, 6.45) is 3.86. The molecule has 0 radical (unpaired) electrons. The molecule has 1 aliphatic rings. The summed E-state index contributed by atoms with van der Waals surface area (Å²) in [5.41, 5.74) is 0. The van der Waals surface area contributed by atoms with Gasteiger partial charge in [0.2, 0.25) is 0 Å². The van der Waals surface area contributed by atoms with Crippen molar-refractivity contribution in [2.24, 2.45) is 5.92 Å². The summed E-state index contributed by atoms with van der Waals surface area (Å²) in [6.45, 7) is 6.85. The SMILES string of the molecule is C[C@@H]1CCCN(CCCOc2cccc(Br)c2)C1. The van der Waals surface area contributed by atoms with Crippen LogP contribution in [-0.2, 0) is 0 Å². The average molecular weight is 312 g/mol. The monoisotopic (exact) mass is 311 g/mol. The Kier molecular flexibility index (Phi) is 5.51. The third-order valence-corrected chi connectivity index (χ3v) is 3.92. The maximum Gasteiger partial charge on any atom is 0.120 e. The molecule has 1 heterocycles. The second-order valence-electron chi connectivity index (χ2n) is 5.21. The lowest BCUT2D eigenvalue weighted by Gasteiger charge is -2.30. The smallest absolute Gasteiger partial charge is 0.120 e. The van der Waals surface area contributed by atoms with Crippen molar-refractivity contribution in [1.29, 1.82) is 0 Å². The van der Waals surface area contributed by atoms with Gasteiger partial charge in [-0.25, -0.2) is 0 Å². The summed E-state index contributed by atoms with van der Waals surface area (Å²) in [4.78, 5) is 2.57. The lowest BCUT2D eigenvalue weighted by atomic mass is 10.0. The number of hydrogen-bond donors (Lipinski definition) is 0. The highest BCUT2D eigenvalue weighted by atomic mass is 79.9. The zero-order valence-electron chi connectivity index (χ0n) is 11.1. The molecule has 0 saturated carbocycles. The largest absolute Gasteiger partial charge is 0.494 e. The fourth-order valence-electron chi connectivity index (χ4n) is 2.52. The van der Waals surface area contributed by atoms with Crippen molar-refractivity contribution >= 4 is 15.9 Å². The van der Waals surface area contributed by atoms with E-state index >= 15 is 0 Å². The van der Waals surface area contributed by atoms with E-state index in [-0.39, 0.29) is 0 Å². The number of benzene rings is 1. The predicted octanol–water partition coefficient (Wildman–Crippen LogP) is 3.95. The molecule has 1 fully saturated rings. The molecular weight excluding hydrogens is 290 g/mol. The number of piperidine rings is 1. The van der Waals surface area contributed by atoms with E-state index in [4.69, 9.17) is 4.74 Å². The summed E-state index contributed by atoms with van der Waals surface area (Å²) in [6, 6.07) is 8.05. The van der Waals surface area contributed by atoms with Crippen molar-refractivity contribution in [3.05, 3.63) is 28.7 Å². The molecule has 0 bridgehead atoms. The molecule has 0 aliphatic carbocycles. The van der Waals surface area contributed by atoms with Crippen LogP contribution in [0, 0.1) is 5.92 Å². The molecule has 2 rings (SSSR count). The van der Waals surface area contributed by atoms with E-state index in [1.165, 1.54) is 32.5 Å². The Morgan fingerprint density at radius 2 is 2.33 bits per heavy atom. The van der Waals surface area contributed by atoms with Crippen molar-refractivity contribution in [1.82, 2.24) is 4.90 Å². The molecule has 0 aromatic heterocycles. The lowest BCUT2D eigenvalue weighted by molar-refractivity contribution is 0.170. The first kappa shape index (κ1) is 13.9. The van der Waals surface area contributed by atoms with Gasteiger partial charge in [0.15, 0.2) is 0 Å². The topological polar surface area (TPSA) is 12.5 Å². The van der Waals surface area contributed by atoms with Crippen LogP contribution in [0.5, 0.6) is 5.75 Å². The first-order valence-electron chi connectivity index (χ1n) is 6.85. The minimum absolute atomic E-state index is 0.807. The molecule has 0 amide bonds. The summed E-state index contributed by atoms with van der Waals surface area (Å²) < 4.78 is 6.82. The number of halogens is 1. The Labute approximate surface area is 118 Å². The Morgan fingerprint density at radius 3 is 3.11 bits per heavy atom. The van der Waals surface area contributed by atoms with Gasteiger partial charge < -0.3 is 9.64 Å². The molecule has 1 aliphatic heterocycles. The third-order valence-electron chi connectivity index (χ3n) is 3.42. The summed E-state index contributed by atoms with van der Waals surface area (Å²) in [5.74, 6) is 1.82. The maximum absolute atomic E-state index is 5.75. The average Bonchev–Trinajstić information content (AvgIpc) is 2.35. The first-order valence-corrected chi connectivity index (χ1v) is 7.64. The second-order valence-corrected chi connectivity index (χ2v) is 6.12. The fraction of sp³-hybridized carbons (Fsp3) is 0.600. The third kappa shape index (κ3) is 4.62. The second kappa shape index (κ2) is 7.15. The van der Waals surface area contributed by atoms with E-state index < -0.39 is 0 Å². The molecule has 100 valence electrons. The van der Waals surface area contributed by atoms with Crippen LogP contribution in [0.2, 0.25) is 0 Å². The molecule has 1 aromatic carbocycles. The van der Waals surface area contributed by atoms with E-state index in [1.807, 2.05) is 24.3 Å². The molecule has 1 atom stereocenters. The van der Waals surface area contributed by atoms with Gasteiger partial charge in [-0.05, 0) is 49.9 Å². The molecule has 3 heteroatoms. The Morgan fingerprint density at radius 1 is 1.44 bits per heavy atom. The van der Waals surface area contributed by atoms with Crippen LogP contribution in [0.1, 0.15) is 26.2 Å². The Hall–Kier alpha value is -0.540. The summed E-state index contributed by atoms with van der Waals surface area (Å²) >= 11 is 3.45. The van der Waals surface area contributed by atoms with Crippen LogP contribution in [-0.4, -0.2) is 31.1 Å². The molecule has 0 unspecified atom stereocenters. The van der Waals surface area contributed by atoms with Gasteiger partial charge in [-0.3, -0.25) is 0 Å². The van der Waals surface area contributed by atoms with Crippen molar-refractivity contribution < 1.29 is 4.74 Å². The molecule has 18 heavy (non-hydrogen) atoms. The molecule has 1 aromatic rings. The highest BCUT2D eigenvalue weighted by Gasteiger charge is 2.15. The van der Waals surface area contributed by atoms with E-state index in [2.05, 4.69) is 27.8 Å². The zero-order valence-corrected chi connectivity index (χ0v) is 12.7. The number of likely N-dealkylation sites (tertiary alicyclic amines) is 1. The summed E-state index contributed by atoms with van der Waals surface area (Å²) in [7, 11) is 0. The predicted molar refractivity (Wildman–Crippen MR) is 79.1 cm³/mol. The van der Waals surface area contributed by atoms with Gasteiger partial charge in [0.05, 0.1) is 6.61 Å². The van der Waals surface area contributed by atoms with Gasteiger partial charge in [-0.1, -0.05) is 28.9 Å². The van der Waals surface area contributed by atoms with Gasteiger partial charge in [-0.2, -0.15) is 0 Å². The van der Waals surface area contributed by atoms with E-state index in [0.29, 0.717) is 0 Å². The van der Waals surface area contributed by atoms with Gasteiger partial charge >= 0.3 is 0 Å². The quantitative estimate of drug-likeness (QED) is 0.763. The number of hydrogen-bond acceptors (Lipinski definition) is 2. The van der Waals surface area contributed by atoms with Crippen molar-refractivity contribution in [3.63, 3.8) is 0 Å².